The van der Waals surface area contributed by atoms with Crippen molar-refractivity contribution in [2.45, 2.75) is 25.1 Å². The highest BCUT2D eigenvalue weighted by molar-refractivity contribution is 5.78. The first-order valence-electron chi connectivity index (χ1n) is 8.51. The molecule has 0 unspecified atom stereocenters. The Kier molecular flexibility index (Phi) is 5.79. The fourth-order valence-corrected chi connectivity index (χ4v) is 2.70. The SMILES string of the molecule is CN(C)C(=O)CO[C@@H]1COCC[C@H]1NC(=O)Cn1nc2ccccc2n1. The second-order valence-electron chi connectivity index (χ2n) is 6.39. The van der Waals surface area contributed by atoms with E-state index < -0.39 is 0 Å². The lowest BCUT2D eigenvalue weighted by Crippen LogP contribution is -2.51. The summed E-state index contributed by atoms with van der Waals surface area (Å²) in [7, 11) is 3.34. The maximum absolute atomic E-state index is 12.4. The van der Waals surface area contributed by atoms with Crippen molar-refractivity contribution >= 4 is 22.8 Å². The van der Waals surface area contributed by atoms with E-state index in [0.717, 1.165) is 11.0 Å². The molecule has 2 aromatic rings. The van der Waals surface area contributed by atoms with Crippen LogP contribution in [0, 0.1) is 0 Å². The summed E-state index contributed by atoms with van der Waals surface area (Å²) in [6, 6.07) is 7.24. The molecule has 1 fully saturated rings. The van der Waals surface area contributed by atoms with Crippen LogP contribution in [0.3, 0.4) is 0 Å². The first-order valence-corrected chi connectivity index (χ1v) is 8.51. The fourth-order valence-electron chi connectivity index (χ4n) is 2.70. The van der Waals surface area contributed by atoms with Gasteiger partial charge in [0.1, 0.15) is 30.3 Å². The van der Waals surface area contributed by atoms with Gasteiger partial charge in [0.2, 0.25) is 11.8 Å². The van der Waals surface area contributed by atoms with Gasteiger partial charge in [0.05, 0.1) is 12.6 Å². The summed E-state index contributed by atoms with van der Waals surface area (Å²) >= 11 is 0. The molecule has 3 rings (SSSR count). The molecule has 2 amide bonds. The van der Waals surface area contributed by atoms with E-state index in [2.05, 4.69) is 15.5 Å². The normalized spacial score (nSPS) is 20.1. The van der Waals surface area contributed by atoms with Gasteiger partial charge in [0, 0.05) is 20.7 Å². The van der Waals surface area contributed by atoms with Crippen LogP contribution in [0.5, 0.6) is 0 Å². The van der Waals surface area contributed by atoms with Crippen molar-refractivity contribution in [3.8, 4) is 0 Å². The highest BCUT2D eigenvalue weighted by Crippen LogP contribution is 2.12. The summed E-state index contributed by atoms with van der Waals surface area (Å²) in [5.74, 6) is -0.335. The summed E-state index contributed by atoms with van der Waals surface area (Å²) in [6.07, 6.45) is 0.266. The van der Waals surface area contributed by atoms with E-state index in [9.17, 15) is 9.59 Å². The van der Waals surface area contributed by atoms with E-state index in [-0.39, 0.29) is 37.1 Å². The molecule has 140 valence electrons. The Balaban J connectivity index is 1.56. The van der Waals surface area contributed by atoms with Gasteiger partial charge in [-0.3, -0.25) is 9.59 Å². The average molecular weight is 361 g/mol. The number of rotatable bonds is 6. The van der Waals surface area contributed by atoms with Gasteiger partial charge < -0.3 is 19.7 Å². The van der Waals surface area contributed by atoms with Gasteiger partial charge in [-0.1, -0.05) is 12.1 Å². The van der Waals surface area contributed by atoms with E-state index >= 15 is 0 Å². The largest absolute Gasteiger partial charge is 0.379 e. The molecule has 0 bridgehead atoms. The van der Waals surface area contributed by atoms with Crippen molar-refractivity contribution in [1.82, 2.24) is 25.2 Å². The molecule has 9 heteroatoms. The molecule has 9 nitrogen and oxygen atoms in total. The van der Waals surface area contributed by atoms with Gasteiger partial charge in [-0.2, -0.15) is 15.0 Å². The monoisotopic (exact) mass is 361 g/mol. The van der Waals surface area contributed by atoms with E-state index in [1.54, 1.807) is 14.1 Å². The molecule has 1 saturated heterocycles. The Labute approximate surface area is 151 Å². The average Bonchev–Trinajstić information content (AvgIpc) is 3.02. The number of likely N-dealkylation sites (N-methyl/N-ethyl adjacent to an activating group) is 1. The number of benzene rings is 1. The molecule has 0 aliphatic carbocycles. The van der Waals surface area contributed by atoms with E-state index in [1.807, 2.05) is 24.3 Å². The molecule has 0 radical (unpaired) electrons. The van der Waals surface area contributed by atoms with Crippen LogP contribution >= 0.6 is 0 Å². The molecule has 1 aliphatic heterocycles. The molecule has 1 aromatic carbocycles. The minimum atomic E-state index is -0.360. The number of carbonyl (C=O) groups is 2. The number of aromatic nitrogens is 3. The van der Waals surface area contributed by atoms with Crippen molar-refractivity contribution in [1.29, 1.82) is 0 Å². The molecular formula is C17H23N5O4. The Hall–Kier alpha value is -2.52. The van der Waals surface area contributed by atoms with Gasteiger partial charge in [0.25, 0.3) is 0 Å². The van der Waals surface area contributed by atoms with Crippen LogP contribution in [0.25, 0.3) is 11.0 Å². The molecule has 1 aromatic heterocycles. The van der Waals surface area contributed by atoms with Gasteiger partial charge >= 0.3 is 0 Å². The zero-order chi connectivity index (χ0) is 18.5. The number of amides is 2. The van der Waals surface area contributed by atoms with Gasteiger partial charge in [-0.15, -0.1) is 0 Å². The summed E-state index contributed by atoms with van der Waals surface area (Å²) in [4.78, 5) is 26.9. The lowest BCUT2D eigenvalue weighted by Gasteiger charge is -2.32. The number of nitrogens with one attached hydrogen (secondary N) is 1. The smallest absolute Gasteiger partial charge is 0.248 e. The van der Waals surface area contributed by atoms with Crippen molar-refractivity contribution < 1.29 is 19.1 Å². The number of carbonyl (C=O) groups excluding carboxylic acids is 2. The van der Waals surface area contributed by atoms with Crippen LogP contribution < -0.4 is 5.32 Å². The zero-order valence-corrected chi connectivity index (χ0v) is 14.9. The summed E-state index contributed by atoms with van der Waals surface area (Å²) in [6.45, 7) is 0.862. The maximum Gasteiger partial charge on any atom is 0.248 e. The number of hydrogen-bond donors (Lipinski definition) is 1. The lowest BCUT2D eigenvalue weighted by atomic mass is 10.1. The van der Waals surface area contributed by atoms with E-state index in [4.69, 9.17) is 9.47 Å². The molecule has 0 spiro atoms. The van der Waals surface area contributed by atoms with Gasteiger partial charge in [-0.25, -0.2) is 0 Å². The van der Waals surface area contributed by atoms with Crippen LogP contribution in [-0.4, -0.2) is 77.8 Å². The fraction of sp³-hybridized carbons (Fsp3) is 0.529. The van der Waals surface area contributed by atoms with Crippen LogP contribution in [0.15, 0.2) is 24.3 Å². The van der Waals surface area contributed by atoms with E-state index in [1.165, 1.54) is 9.70 Å². The first kappa shape index (κ1) is 18.3. The highest BCUT2D eigenvalue weighted by Gasteiger charge is 2.29. The predicted octanol–water partition coefficient (Wildman–Crippen LogP) is -0.190. The van der Waals surface area contributed by atoms with Crippen LogP contribution in [0.2, 0.25) is 0 Å². The minimum Gasteiger partial charge on any atom is -0.379 e. The Bertz CT molecular complexity index is 742. The Morgan fingerprint density at radius 3 is 2.65 bits per heavy atom. The number of ether oxygens (including phenoxy) is 2. The van der Waals surface area contributed by atoms with Crippen LogP contribution in [-0.2, 0) is 25.6 Å². The van der Waals surface area contributed by atoms with Crippen LogP contribution in [0.1, 0.15) is 6.42 Å². The molecular weight excluding hydrogens is 338 g/mol. The van der Waals surface area contributed by atoms with Crippen molar-refractivity contribution in [3.05, 3.63) is 24.3 Å². The zero-order valence-electron chi connectivity index (χ0n) is 14.9. The summed E-state index contributed by atoms with van der Waals surface area (Å²) < 4.78 is 11.1. The lowest BCUT2D eigenvalue weighted by molar-refractivity contribution is -0.141. The topological polar surface area (TPSA) is 98.6 Å². The summed E-state index contributed by atoms with van der Waals surface area (Å²) in [5, 5.41) is 11.5. The number of fused-ring (bicyclic) bond motifs is 1. The second kappa shape index (κ2) is 8.24. The van der Waals surface area contributed by atoms with E-state index in [0.29, 0.717) is 19.6 Å². The third-order valence-corrected chi connectivity index (χ3v) is 4.18. The molecule has 1 N–H and O–H groups in total. The Morgan fingerprint density at radius 2 is 2.00 bits per heavy atom. The molecule has 2 atom stereocenters. The summed E-state index contributed by atoms with van der Waals surface area (Å²) in [5.41, 5.74) is 1.49. The van der Waals surface area contributed by atoms with Gasteiger partial charge in [0.15, 0.2) is 0 Å². The highest BCUT2D eigenvalue weighted by atomic mass is 16.5. The quantitative estimate of drug-likeness (QED) is 0.766. The number of nitrogens with zero attached hydrogens (tertiary/aromatic N) is 4. The van der Waals surface area contributed by atoms with Gasteiger partial charge in [-0.05, 0) is 18.6 Å². The maximum atomic E-state index is 12.4. The Morgan fingerprint density at radius 1 is 1.31 bits per heavy atom. The number of hydrogen-bond acceptors (Lipinski definition) is 6. The molecule has 26 heavy (non-hydrogen) atoms. The van der Waals surface area contributed by atoms with Crippen molar-refractivity contribution in [2.75, 3.05) is 33.9 Å². The standard InChI is InChI=1S/C17H23N5O4/c1-21(2)17(24)11-26-15-10-25-8-7-14(15)18-16(23)9-22-19-12-5-3-4-6-13(12)20-22/h3-6,14-15H,7-11H2,1-2H3,(H,18,23)/t14-,15-/m1/s1. The predicted molar refractivity (Wildman–Crippen MR) is 93.3 cm³/mol. The minimum absolute atomic E-state index is 0.0232. The second-order valence-corrected chi connectivity index (χ2v) is 6.39. The third kappa shape index (κ3) is 4.55. The molecule has 2 heterocycles. The third-order valence-electron chi connectivity index (χ3n) is 4.18. The van der Waals surface area contributed by atoms with Crippen LogP contribution in [0.4, 0.5) is 0 Å². The van der Waals surface area contributed by atoms with Crippen molar-refractivity contribution in [2.24, 2.45) is 0 Å². The first-order chi connectivity index (χ1) is 12.5. The molecule has 0 saturated carbocycles. The van der Waals surface area contributed by atoms with Crippen molar-refractivity contribution in [3.63, 3.8) is 0 Å². The molecule has 1 aliphatic rings.